The normalized spacial score (nSPS) is 23.7. The number of quaternary nitrogens is 1. The monoisotopic (exact) mass is 311 g/mol. The second-order valence-corrected chi connectivity index (χ2v) is 8.25. The van der Waals surface area contributed by atoms with Gasteiger partial charge >= 0.3 is 0 Å². The van der Waals surface area contributed by atoms with Crippen LogP contribution in [0.2, 0.25) is 0 Å². The van der Waals surface area contributed by atoms with Crippen LogP contribution in [0.4, 0.5) is 0 Å². The number of nitrogens with zero attached hydrogens (tertiary/aromatic N) is 3. The van der Waals surface area contributed by atoms with Crippen LogP contribution in [-0.2, 0) is 16.4 Å². The molecule has 0 amide bonds. The van der Waals surface area contributed by atoms with Gasteiger partial charge in [0.05, 0.1) is 35.9 Å². The number of rotatable bonds is 4. The highest BCUT2D eigenvalue weighted by Gasteiger charge is 2.32. The lowest BCUT2D eigenvalue weighted by Crippen LogP contribution is -3.11. The van der Waals surface area contributed by atoms with Gasteiger partial charge in [-0.1, -0.05) is 0 Å². The molecule has 1 aliphatic heterocycles. The van der Waals surface area contributed by atoms with Crippen LogP contribution in [0.1, 0.15) is 36.3 Å². The van der Waals surface area contributed by atoms with Crippen LogP contribution >= 0.6 is 0 Å². The predicted octanol–water partition coefficient (Wildman–Crippen LogP) is -0.214. The largest absolute Gasteiger partial charge is 0.319 e. The Morgan fingerprint density at radius 3 is 2.71 bits per heavy atom. The van der Waals surface area contributed by atoms with E-state index < -0.39 is 9.84 Å². The van der Waals surface area contributed by atoms with E-state index in [0.717, 1.165) is 28.4 Å². The molecular formula is C14H23N4O2S+. The lowest BCUT2D eigenvalue weighted by molar-refractivity contribution is -0.909. The van der Waals surface area contributed by atoms with Gasteiger partial charge in [-0.05, 0) is 20.3 Å². The highest BCUT2D eigenvalue weighted by molar-refractivity contribution is 7.91. The summed E-state index contributed by atoms with van der Waals surface area (Å²) in [6.45, 7) is 6.57. The van der Waals surface area contributed by atoms with Crippen LogP contribution in [0.5, 0.6) is 0 Å². The third kappa shape index (κ3) is 3.27. The molecular weight excluding hydrogens is 288 g/mol. The zero-order valence-corrected chi connectivity index (χ0v) is 13.9. The molecule has 1 N–H and O–H groups in total. The summed E-state index contributed by atoms with van der Waals surface area (Å²) < 4.78 is 25.2. The van der Waals surface area contributed by atoms with Gasteiger partial charge < -0.3 is 4.90 Å². The molecule has 1 aromatic rings. The fourth-order valence-corrected chi connectivity index (χ4v) is 4.51. The van der Waals surface area contributed by atoms with Crippen molar-refractivity contribution in [1.29, 1.82) is 5.26 Å². The maximum Gasteiger partial charge on any atom is 0.172 e. The quantitative estimate of drug-likeness (QED) is 0.834. The first-order valence-electron chi connectivity index (χ1n) is 7.22. The summed E-state index contributed by atoms with van der Waals surface area (Å²) in [5.41, 5.74) is 3.08. The number of aromatic nitrogens is 2. The van der Waals surface area contributed by atoms with E-state index in [-0.39, 0.29) is 23.6 Å². The first kappa shape index (κ1) is 16.0. The lowest BCUT2D eigenvalue weighted by Gasteiger charge is -2.17. The van der Waals surface area contributed by atoms with Gasteiger partial charge in [0, 0.05) is 12.6 Å². The minimum atomic E-state index is -2.91. The highest BCUT2D eigenvalue weighted by Crippen LogP contribution is 2.26. The van der Waals surface area contributed by atoms with E-state index in [1.54, 1.807) is 0 Å². The number of aryl methyl sites for hydroxylation is 1. The fraction of sp³-hybridized carbons (Fsp3) is 0.714. The number of nitrogens with one attached hydrogen (secondary N) is 1. The minimum absolute atomic E-state index is 0.0452. The van der Waals surface area contributed by atoms with Gasteiger partial charge in [0.25, 0.3) is 0 Å². The van der Waals surface area contributed by atoms with Crippen molar-refractivity contribution in [3.63, 3.8) is 0 Å². The summed E-state index contributed by atoms with van der Waals surface area (Å²) in [5, 5.41) is 13.6. The summed E-state index contributed by atoms with van der Waals surface area (Å²) in [6, 6.07) is 2.12. The molecule has 0 bridgehead atoms. The Morgan fingerprint density at radius 1 is 1.52 bits per heavy atom. The second kappa shape index (κ2) is 5.78. The molecule has 0 radical (unpaired) electrons. The molecule has 1 saturated heterocycles. The average molecular weight is 311 g/mol. The molecule has 0 aliphatic carbocycles. The third-order valence-electron chi connectivity index (χ3n) is 4.42. The summed E-state index contributed by atoms with van der Waals surface area (Å²) in [5.74, 6) is 0.438. The van der Waals surface area contributed by atoms with Crippen LogP contribution in [-0.4, -0.2) is 42.8 Å². The van der Waals surface area contributed by atoms with Crippen LogP contribution in [0.3, 0.4) is 0 Å². The van der Waals surface area contributed by atoms with E-state index in [0.29, 0.717) is 6.42 Å². The van der Waals surface area contributed by atoms with Crippen LogP contribution in [0, 0.1) is 25.2 Å². The van der Waals surface area contributed by atoms with Gasteiger partial charge in [-0.2, -0.15) is 10.4 Å². The van der Waals surface area contributed by atoms with Crippen LogP contribution in [0.15, 0.2) is 0 Å². The van der Waals surface area contributed by atoms with E-state index in [9.17, 15) is 8.42 Å². The molecule has 0 aromatic carbocycles. The summed E-state index contributed by atoms with van der Waals surface area (Å²) in [7, 11) is -0.923. The SMILES string of the molecule is Cc1nn([C@H]2CCS(=O)(=O)C2)c(C)c1C[NH+](C)[C@@H](C)C#N. The molecule has 0 spiro atoms. The summed E-state index contributed by atoms with van der Waals surface area (Å²) in [4.78, 5) is 1.11. The van der Waals surface area contributed by atoms with Gasteiger partial charge in [0.15, 0.2) is 15.9 Å². The molecule has 0 saturated carbocycles. The molecule has 1 unspecified atom stereocenters. The Hall–Kier alpha value is -1.39. The first-order valence-corrected chi connectivity index (χ1v) is 9.04. The van der Waals surface area contributed by atoms with Crippen molar-refractivity contribution in [2.45, 2.75) is 45.8 Å². The van der Waals surface area contributed by atoms with E-state index >= 15 is 0 Å². The first-order chi connectivity index (χ1) is 9.75. The highest BCUT2D eigenvalue weighted by atomic mass is 32.2. The zero-order valence-electron chi connectivity index (χ0n) is 13.0. The van der Waals surface area contributed by atoms with E-state index in [1.165, 1.54) is 0 Å². The lowest BCUT2D eigenvalue weighted by atomic mass is 10.1. The molecule has 3 atom stereocenters. The Kier molecular flexibility index (Phi) is 4.40. The topological polar surface area (TPSA) is 80.2 Å². The van der Waals surface area contributed by atoms with Crippen LogP contribution in [0.25, 0.3) is 0 Å². The minimum Gasteiger partial charge on any atom is -0.319 e. The van der Waals surface area contributed by atoms with Crippen molar-refractivity contribution in [2.75, 3.05) is 18.6 Å². The Labute approximate surface area is 126 Å². The van der Waals surface area contributed by atoms with Gasteiger partial charge in [-0.3, -0.25) is 4.68 Å². The van der Waals surface area contributed by atoms with Gasteiger partial charge in [-0.15, -0.1) is 0 Å². The molecule has 1 aliphatic rings. The van der Waals surface area contributed by atoms with E-state index in [4.69, 9.17) is 5.26 Å². The van der Waals surface area contributed by atoms with E-state index in [1.807, 2.05) is 32.5 Å². The van der Waals surface area contributed by atoms with Crippen molar-refractivity contribution >= 4 is 9.84 Å². The Bertz CT molecular complexity index is 672. The Morgan fingerprint density at radius 2 is 2.19 bits per heavy atom. The molecule has 2 heterocycles. The Balaban J connectivity index is 2.24. The second-order valence-electron chi connectivity index (χ2n) is 6.02. The number of nitriles is 1. The average Bonchev–Trinajstić information content (AvgIpc) is 2.91. The number of hydrogen-bond acceptors (Lipinski definition) is 4. The van der Waals surface area contributed by atoms with Crippen molar-refractivity contribution in [2.24, 2.45) is 0 Å². The van der Waals surface area contributed by atoms with Crippen LogP contribution < -0.4 is 4.90 Å². The van der Waals surface area contributed by atoms with Gasteiger partial charge in [0.2, 0.25) is 0 Å². The molecule has 6 nitrogen and oxygen atoms in total. The number of sulfone groups is 1. The fourth-order valence-electron chi connectivity index (χ4n) is 2.82. The van der Waals surface area contributed by atoms with Crippen molar-refractivity contribution in [3.05, 3.63) is 17.0 Å². The maximum atomic E-state index is 11.6. The van der Waals surface area contributed by atoms with E-state index in [2.05, 4.69) is 11.2 Å². The molecule has 116 valence electrons. The number of hydrogen-bond donors (Lipinski definition) is 1. The molecule has 1 aromatic heterocycles. The van der Waals surface area contributed by atoms with Crippen molar-refractivity contribution < 1.29 is 13.3 Å². The third-order valence-corrected chi connectivity index (χ3v) is 6.17. The molecule has 7 heteroatoms. The molecule has 21 heavy (non-hydrogen) atoms. The maximum absolute atomic E-state index is 11.6. The standard InChI is InChI=1S/C14H22N4O2S/c1-10(7-15)17(4)8-14-11(2)16-18(12(14)3)13-5-6-21(19,20)9-13/h10,13H,5-6,8-9H2,1-4H3/p+1/t10-,13-/m0/s1. The smallest absolute Gasteiger partial charge is 0.172 e. The summed E-state index contributed by atoms with van der Waals surface area (Å²) >= 11 is 0. The van der Waals surface area contributed by atoms with Gasteiger partial charge in [-0.25, -0.2) is 8.42 Å². The van der Waals surface area contributed by atoms with Gasteiger partial charge in [0.1, 0.15) is 12.6 Å². The summed E-state index contributed by atoms with van der Waals surface area (Å²) in [6.07, 6.45) is 0.640. The molecule has 2 rings (SSSR count). The zero-order chi connectivity index (χ0) is 15.8. The van der Waals surface area contributed by atoms with Crippen molar-refractivity contribution in [1.82, 2.24) is 9.78 Å². The molecule has 1 fully saturated rings. The predicted molar refractivity (Wildman–Crippen MR) is 79.7 cm³/mol. The van der Waals surface area contributed by atoms with Crippen molar-refractivity contribution in [3.8, 4) is 6.07 Å².